The van der Waals surface area contributed by atoms with Crippen molar-refractivity contribution in [1.82, 2.24) is 15.1 Å². The molecule has 0 saturated carbocycles. The van der Waals surface area contributed by atoms with Crippen LogP contribution in [0.25, 0.3) is 0 Å². The number of benzene rings is 2. The third-order valence-electron chi connectivity index (χ3n) is 7.98. The molecule has 0 aliphatic carbocycles. The molecule has 1 N–H and O–H groups in total. The smallest absolute Gasteiger partial charge is 0.324 e. The summed E-state index contributed by atoms with van der Waals surface area (Å²) in [5, 5.41) is 3.35. The molecule has 2 aliphatic rings. The molecule has 2 saturated heterocycles. The van der Waals surface area contributed by atoms with E-state index >= 15 is 0 Å². The molecule has 12 heteroatoms. The summed E-state index contributed by atoms with van der Waals surface area (Å²) in [6, 6.07) is 5.97. The molecule has 4 rings (SSSR count). The summed E-state index contributed by atoms with van der Waals surface area (Å²) in [5.41, 5.74) is -2.69. The second-order valence-corrected chi connectivity index (χ2v) is 10.7. The maximum Gasteiger partial charge on any atom is 0.416 e. The topological polar surface area (TPSA) is 38.8 Å². The zero-order valence-corrected chi connectivity index (χ0v) is 22.3. The molecule has 0 bridgehead atoms. The van der Waals surface area contributed by atoms with Crippen LogP contribution >= 0.6 is 0 Å². The average molecular weight is 575 g/mol. The van der Waals surface area contributed by atoms with Gasteiger partial charge in [0.05, 0.1) is 11.1 Å². The van der Waals surface area contributed by atoms with Gasteiger partial charge in [-0.15, -0.1) is 0 Å². The number of amides is 2. The van der Waals surface area contributed by atoms with Crippen molar-refractivity contribution in [2.45, 2.75) is 43.6 Å². The predicted molar refractivity (Wildman–Crippen MR) is 138 cm³/mol. The average Bonchev–Trinajstić information content (AvgIpc) is 2.91. The van der Waals surface area contributed by atoms with Crippen LogP contribution in [-0.4, -0.2) is 68.7 Å². The molecule has 5 nitrogen and oxygen atoms in total. The summed E-state index contributed by atoms with van der Waals surface area (Å²) >= 11 is 0. The number of likely N-dealkylation sites (N-methyl/N-ethyl adjacent to an activating group) is 1. The predicted octanol–water partition coefficient (Wildman–Crippen LogP) is 6.21. The van der Waals surface area contributed by atoms with E-state index in [9.17, 15) is 35.5 Å². The zero-order valence-electron chi connectivity index (χ0n) is 22.3. The van der Waals surface area contributed by atoms with Crippen LogP contribution in [-0.2, 0) is 12.4 Å². The summed E-state index contributed by atoms with van der Waals surface area (Å²) in [4.78, 5) is 18.0. The number of piperidine rings is 2. The first-order valence-corrected chi connectivity index (χ1v) is 13.2. The Morgan fingerprint density at radius 3 is 2.05 bits per heavy atom. The van der Waals surface area contributed by atoms with Crippen LogP contribution in [0.4, 0.5) is 41.2 Å². The van der Waals surface area contributed by atoms with Crippen LogP contribution < -0.4 is 10.2 Å². The largest absolute Gasteiger partial charge is 0.416 e. The molecule has 2 amide bonds. The fourth-order valence-corrected chi connectivity index (χ4v) is 5.72. The van der Waals surface area contributed by atoms with E-state index in [1.54, 1.807) is 12.1 Å². The Labute approximate surface area is 228 Å². The summed E-state index contributed by atoms with van der Waals surface area (Å²) in [6.45, 7) is 4.06. The van der Waals surface area contributed by atoms with Crippen molar-refractivity contribution in [2.75, 3.05) is 51.7 Å². The maximum atomic E-state index is 13.7. The van der Waals surface area contributed by atoms with E-state index in [4.69, 9.17) is 0 Å². The molecule has 0 radical (unpaired) electrons. The number of urea groups is 1. The Balaban J connectivity index is 1.58. The third kappa shape index (κ3) is 7.06. The lowest BCUT2D eigenvalue weighted by Crippen LogP contribution is -2.54. The molecule has 2 atom stereocenters. The molecule has 2 fully saturated rings. The Morgan fingerprint density at radius 2 is 1.50 bits per heavy atom. The van der Waals surface area contributed by atoms with Crippen molar-refractivity contribution in [1.29, 1.82) is 0 Å². The SMILES string of the molecule is CN(C(=O)N(C)[C@@H]1CCN(CC2CCNCC2)C[C@H]1c1ccc(F)cc1)c1cc(C(F)(F)F)cc(C(F)(F)F)c1. The normalized spacial score (nSPS) is 21.3. The number of anilines is 1. The van der Waals surface area contributed by atoms with Crippen molar-refractivity contribution in [2.24, 2.45) is 5.92 Å². The molecule has 0 spiro atoms. The fraction of sp³-hybridized carbons (Fsp3) is 0.536. The van der Waals surface area contributed by atoms with Gasteiger partial charge in [0.15, 0.2) is 0 Å². The highest BCUT2D eigenvalue weighted by molar-refractivity contribution is 5.91. The number of nitrogens with zero attached hydrogens (tertiary/aromatic N) is 3. The van der Waals surface area contributed by atoms with Gasteiger partial charge in [-0.05, 0) is 74.2 Å². The molecule has 2 heterocycles. The highest BCUT2D eigenvalue weighted by Gasteiger charge is 2.39. The minimum absolute atomic E-state index is 0.0359. The van der Waals surface area contributed by atoms with E-state index in [0.717, 1.165) is 50.0 Å². The van der Waals surface area contributed by atoms with Gasteiger partial charge in [-0.3, -0.25) is 4.90 Å². The van der Waals surface area contributed by atoms with Crippen LogP contribution in [0.1, 0.15) is 41.9 Å². The second-order valence-electron chi connectivity index (χ2n) is 10.7. The lowest BCUT2D eigenvalue weighted by atomic mass is 9.84. The summed E-state index contributed by atoms with van der Waals surface area (Å²) in [5.74, 6) is -0.108. The van der Waals surface area contributed by atoms with Crippen LogP contribution in [0.3, 0.4) is 0 Å². The molecule has 40 heavy (non-hydrogen) atoms. The first-order valence-electron chi connectivity index (χ1n) is 13.2. The van der Waals surface area contributed by atoms with Gasteiger partial charge >= 0.3 is 18.4 Å². The van der Waals surface area contributed by atoms with Gasteiger partial charge in [0.25, 0.3) is 0 Å². The van der Waals surface area contributed by atoms with Gasteiger partial charge in [0.1, 0.15) is 5.82 Å². The number of rotatable bonds is 5. The van der Waals surface area contributed by atoms with Crippen LogP contribution in [0, 0.1) is 11.7 Å². The summed E-state index contributed by atoms with van der Waals surface area (Å²) in [7, 11) is 2.66. The van der Waals surface area contributed by atoms with E-state index < -0.39 is 47.1 Å². The molecule has 0 aromatic heterocycles. The lowest BCUT2D eigenvalue weighted by molar-refractivity contribution is -0.143. The van der Waals surface area contributed by atoms with Crippen LogP contribution in [0.5, 0.6) is 0 Å². The number of carbonyl (C=O) groups excluding carboxylic acids is 1. The third-order valence-corrected chi connectivity index (χ3v) is 7.98. The fourth-order valence-electron chi connectivity index (χ4n) is 5.72. The Kier molecular flexibility index (Phi) is 8.99. The number of likely N-dealkylation sites (tertiary alicyclic amines) is 1. The van der Waals surface area contributed by atoms with Gasteiger partial charge in [0, 0.05) is 51.4 Å². The van der Waals surface area contributed by atoms with Crippen molar-refractivity contribution < 1.29 is 35.5 Å². The highest BCUT2D eigenvalue weighted by atomic mass is 19.4. The number of hydrogen-bond acceptors (Lipinski definition) is 3. The maximum absolute atomic E-state index is 13.7. The number of nitrogens with one attached hydrogen (secondary N) is 1. The monoisotopic (exact) mass is 574 g/mol. The Morgan fingerprint density at radius 1 is 0.925 bits per heavy atom. The molecule has 2 aliphatic heterocycles. The zero-order chi connectivity index (χ0) is 29.2. The van der Waals surface area contributed by atoms with E-state index in [-0.39, 0.29) is 12.0 Å². The number of hydrogen-bond donors (Lipinski definition) is 1. The van der Waals surface area contributed by atoms with E-state index in [2.05, 4.69) is 10.2 Å². The van der Waals surface area contributed by atoms with Crippen molar-refractivity contribution in [3.63, 3.8) is 0 Å². The minimum Gasteiger partial charge on any atom is -0.324 e. The van der Waals surface area contributed by atoms with E-state index in [0.29, 0.717) is 37.6 Å². The van der Waals surface area contributed by atoms with Crippen LogP contribution in [0.2, 0.25) is 0 Å². The van der Waals surface area contributed by atoms with Crippen molar-refractivity contribution in [3.8, 4) is 0 Å². The van der Waals surface area contributed by atoms with E-state index in [1.807, 2.05) is 0 Å². The first kappa shape index (κ1) is 30.1. The Hall–Kier alpha value is -2.86. The molecule has 0 unspecified atom stereocenters. The van der Waals surface area contributed by atoms with Crippen LogP contribution in [0.15, 0.2) is 42.5 Å². The minimum atomic E-state index is -5.03. The standard InChI is InChI=1S/C28H33F7N4O/c1-37(23-14-20(27(30,31)32)13-21(15-23)28(33,34)35)26(40)38(2)25-9-12-39(16-18-7-10-36-11-8-18)17-24(25)19-3-5-22(29)6-4-19/h3-6,13-15,18,24-25,36H,7-12,16-17H2,1-2H3/t24-,25+/m0/s1. The highest BCUT2D eigenvalue weighted by Crippen LogP contribution is 2.39. The molecular formula is C28H33F7N4O. The molecule has 2 aromatic carbocycles. The van der Waals surface area contributed by atoms with Gasteiger partial charge in [-0.2, -0.15) is 26.3 Å². The van der Waals surface area contributed by atoms with Gasteiger partial charge in [0.2, 0.25) is 0 Å². The number of halogens is 7. The lowest BCUT2D eigenvalue weighted by Gasteiger charge is -2.44. The second kappa shape index (κ2) is 11.9. The number of carbonyl (C=O) groups is 1. The number of alkyl halides is 6. The molecule has 2 aromatic rings. The van der Waals surface area contributed by atoms with Gasteiger partial charge < -0.3 is 15.1 Å². The molecule has 220 valence electrons. The van der Waals surface area contributed by atoms with Gasteiger partial charge in [-0.1, -0.05) is 12.1 Å². The molecular weight excluding hydrogens is 541 g/mol. The van der Waals surface area contributed by atoms with Gasteiger partial charge in [-0.25, -0.2) is 9.18 Å². The quantitative estimate of drug-likeness (QED) is 0.432. The first-order chi connectivity index (χ1) is 18.7. The Bertz CT molecular complexity index is 1130. The van der Waals surface area contributed by atoms with Crippen molar-refractivity contribution >= 4 is 11.7 Å². The summed E-state index contributed by atoms with van der Waals surface area (Å²) in [6.07, 6.45) is -7.40. The summed E-state index contributed by atoms with van der Waals surface area (Å²) < 4.78 is 94.1. The van der Waals surface area contributed by atoms with Crippen molar-refractivity contribution in [3.05, 3.63) is 65.0 Å². The van der Waals surface area contributed by atoms with E-state index in [1.165, 1.54) is 24.1 Å².